The molecule has 0 spiro atoms. The molecule has 3 N–H and O–H groups in total. The van der Waals surface area contributed by atoms with Gasteiger partial charge in [0.2, 0.25) is 5.91 Å². The van der Waals surface area contributed by atoms with Crippen molar-refractivity contribution in [3.05, 3.63) is 29.8 Å². The zero-order chi connectivity index (χ0) is 15.9. The van der Waals surface area contributed by atoms with Gasteiger partial charge in [-0.1, -0.05) is 26.0 Å². The summed E-state index contributed by atoms with van der Waals surface area (Å²) in [5.74, 6) is 0.0767. The van der Waals surface area contributed by atoms with Crippen LogP contribution in [0.2, 0.25) is 0 Å². The Morgan fingerprint density at radius 3 is 2.62 bits per heavy atom. The highest BCUT2D eigenvalue weighted by atomic mass is 32.2. The van der Waals surface area contributed by atoms with Gasteiger partial charge >= 0.3 is 0 Å². The van der Waals surface area contributed by atoms with Gasteiger partial charge in [-0.15, -0.1) is 0 Å². The van der Waals surface area contributed by atoms with Gasteiger partial charge in [0.05, 0.1) is 11.5 Å². The van der Waals surface area contributed by atoms with Gasteiger partial charge in [-0.2, -0.15) is 0 Å². The molecule has 1 amide bonds. The summed E-state index contributed by atoms with van der Waals surface area (Å²) >= 11 is 0. The Morgan fingerprint density at radius 1 is 1.29 bits per heavy atom. The van der Waals surface area contributed by atoms with Crippen molar-refractivity contribution >= 4 is 21.4 Å². The Labute approximate surface area is 126 Å². The molecule has 1 aromatic carbocycles. The number of carbonyl (C=O) groups is 1. The minimum atomic E-state index is -3.16. The Kier molecular flexibility index (Phi) is 6.84. The van der Waals surface area contributed by atoms with Crippen LogP contribution in [0, 0.1) is 5.92 Å². The Balaban J connectivity index is 2.46. The highest BCUT2D eigenvalue weighted by molar-refractivity contribution is 7.91. The SMILES string of the molecule is CC(C)CCS(=O)(=O)CCC(=O)Nc1cccc(CN)c1. The number of hydrogen-bond donors (Lipinski definition) is 2. The minimum Gasteiger partial charge on any atom is -0.326 e. The van der Waals surface area contributed by atoms with E-state index in [2.05, 4.69) is 5.32 Å². The second kappa shape index (κ2) is 8.14. The fourth-order valence-electron chi connectivity index (χ4n) is 1.77. The van der Waals surface area contributed by atoms with E-state index in [1.807, 2.05) is 19.9 Å². The van der Waals surface area contributed by atoms with Crippen LogP contribution < -0.4 is 11.1 Å². The Morgan fingerprint density at radius 2 is 2.00 bits per heavy atom. The van der Waals surface area contributed by atoms with Crippen LogP contribution >= 0.6 is 0 Å². The summed E-state index contributed by atoms with van der Waals surface area (Å²) in [5.41, 5.74) is 7.09. The molecule has 0 saturated heterocycles. The molecule has 1 rings (SSSR count). The van der Waals surface area contributed by atoms with E-state index < -0.39 is 9.84 Å². The van der Waals surface area contributed by atoms with Crippen LogP contribution in [0.15, 0.2) is 24.3 Å². The van der Waals surface area contributed by atoms with E-state index in [9.17, 15) is 13.2 Å². The van der Waals surface area contributed by atoms with Crippen LogP contribution in [0.5, 0.6) is 0 Å². The molecule has 0 aliphatic rings. The summed E-state index contributed by atoms with van der Waals surface area (Å²) in [6, 6.07) is 7.21. The second-order valence-corrected chi connectivity index (χ2v) is 7.84. The number of hydrogen-bond acceptors (Lipinski definition) is 4. The third kappa shape index (κ3) is 7.24. The van der Waals surface area contributed by atoms with Crippen molar-refractivity contribution in [1.29, 1.82) is 0 Å². The summed E-state index contributed by atoms with van der Waals surface area (Å²) in [6.45, 7) is 4.35. The molecular weight excluding hydrogens is 288 g/mol. The van der Waals surface area contributed by atoms with Gasteiger partial charge in [-0.25, -0.2) is 8.42 Å². The molecule has 0 aliphatic carbocycles. The zero-order valence-electron chi connectivity index (χ0n) is 12.6. The van der Waals surface area contributed by atoms with Crippen molar-refractivity contribution in [3.8, 4) is 0 Å². The van der Waals surface area contributed by atoms with Gasteiger partial charge in [0, 0.05) is 18.7 Å². The van der Waals surface area contributed by atoms with E-state index in [-0.39, 0.29) is 23.8 Å². The summed E-state index contributed by atoms with van der Waals surface area (Å²) in [5, 5.41) is 2.70. The minimum absolute atomic E-state index is 0.0206. The van der Waals surface area contributed by atoms with E-state index in [0.29, 0.717) is 24.6 Å². The van der Waals surface area contributed by atoms with Crippen LogP contribution in [-0.2, 0) is 21.2 Å². The topological polar surface area (TPSA) is 89.3 Å². The number of nitrogens with two attached hydrogens (primary N) is 1. The van der Waals surface area contributed by atoms with Crippen LogP contribution in [0.3, 0.4) is 0 Å². The first kappa shape index (κ1) is 17.7. The van der Waals surface area contributed by atoms with Gasteiger partial charge in [0.15, 0.2) is 9.84 Å². The molecule has 0 bridgehead atoms. The first-order valence-corrected chi connectivity index (χ1v) is 8.94. The normalized spacial score (nSPS) is 11.6. The highest BCUT2D eigenvalue weighted by Crippen LogP contribution is 2.11. The maximum atomic E-state index is 11.8. The summed E-state index contributed by atoms with van der Waals surface area (Å²) < 4.78 is 23.6. The Bertz CT molecular complexity index is 568. The largest absolute Gasteiger partial charge is 0.326 e. The maximum Gasteiger partial charge on any atom is 0.225 e. The standard InChI is InChI=1S/C15H24N2O3S/c1-12(2)6-8-21(19,20)9-7-15(18)17-14-5-3-4-13(10-14)11-16/h3-5,10,12H,6-9,11,16H2,1-2H3,(H,17,18). The third-order valence-electron chi connectivity index (χ3n) is 3.09. The van der Waals surface area contributed by atoms with Crippen molar-refractivity contribution in [2.45, 2.75) is 33.2 Å². The van der Waals surface area contributed by atoms with E-state index >= 15 is 0 Å². The lowest BCUT2D eigenvalue weighted by molar-refractivity contribution is -0.115. The van der Waals surface area contributed by atoms with E-state index in [1.165, 1.54) is 0 Å². The molecule has 0 unspecified atom stereocenters. The second-order valence-electron chi connectivity index (χ2n) is 5.54. The fourth-order valence-corrected chi connectivity index (χ4v) is 3.30. The van der Waals surface area contributed by atoms with Gasteiger partial charge in [-0.3, -0.25) is 4.79 Å². The summed E-state index contributed by atoms with van der Waals surface area (Å²) in [6.07, 6.45) is 0.607. The van der Waals surface area contributed by atoms with Crippen molar-refractivity contribution < 1.29 is 13.2 Å². The van der Waals surface area contributed by atoms with Crippen LogP contribution in [0.4, 0.5) is 5.69 Å². The fraction of sp³-hybridized carbons (Fsp3) is 0.533. The molecule has 0 aliphatic heterocycles. The van der Waals surface area contributed by atoms with Crippen molar-refractivity contribution in [3.63, 3.8) is 0 Å². The van der Waals surface area contributed by atoms with Crippen molar-refractivity contribution in [2.24, 2.45) is 11.7 Å². The van der Waals surface area contributed by atoms with Gasteiger partial charge < -0.3 is 11.1 Å². The van der Waals surface area contributed by atoms with Crippen molar-refractivity contribution in [1.82, 2.24) is 0 Å². The van der Waals surface area contributed by atoms with Gasteiger partial charge in [0.25, 0.3) is 0 Å². The molecule has 0 atom stereocenters. The first-order valence-electron chi connectivity index (χ1n) is 7.11. The molecular formula is C15H24N2O3S. The predicted molar refractivity (Wildman–Crippen MR) is 85.7 cm³/mol. The number of rotatable bonds is 8. The van der Waals surface area contributed by atoms with Gasteiger partial charge in [0.1, 0.15) is 0 Å². The highest BCUT2D eigenvalue weighted by Gasteiger charge is 2.14. The monoisotopic (exact) mass is 312 g/mol. The smallest absolute Gasteiger partial charge is 0.225 e. The van der Waals surface area contributed by atoms with Crippen LogP contribution in [0.1, 0.15) is 32.3 Å². The van der Waals surface area contributed by atoms with Gasteiger partial charge in [-0.05, 0) is 30.0 Å². The number of amides is 1. The molecule has 1 aromatic rings. The molecule has 6 heteroatoms. The van der Waals surface area contributed by atoms with Crippen LogP contribution in [0.25, 0.3) is 0 Å². The lowest BCUT2D eigenvalue weighted by Gasteiger charge is -2.08. The predicted octanol–water partition coefficient (Wildman–Crippen LogP) is 1.93. The zero-order valence-corrected chi connectivity index (χ0v) is 13.4. The van der Waals surface area contributed by atoms with Crippen molar-refractivity contribution in [2.75, 3.05) is 16.8 Å². The molecule has 21 heavy (non-hydrogen) atoms. The molecule has 0 fully saturated rings. The quantitative estimate of drug-likeness (QED) is 0.767. The number of benzene rings is 1. The maximum absolute atomic E-state index is 11.8. The lowest BCUT2D eigenvalue weighted by Crippen LogP contribution is -2.19. The molecule has 0 aromatic heterocycles. The first-order chi connectivity index (χ1) is 9.82. The molecule has 5 nitrogen and oxygen atoms in total. The summed E-state index contributed by atoms with van der Waals surface area (Å²) in [4.78, 5) is 11.8. The number of carbonyl (C=O) groups excluding carboxylic acids is 1. The molecule has 0 radical (unpaired) electrons. The summed E-state index contributed by atoms with van der Waals surface area (Å²) in [7, 11) is -3.16. The molecule has 0 saturated carbocycles. The Hall–Kier alpha value is -1.40. The van der Waals surface area contributed by atoms with Crippen LogP contribution in [-0.4, -0.2) is 25.8 Å². The lowest BCUT2D eigenvalue weighted by atomic mass is 10.2. The molecule has 118 valence electrons. The number of sulfone groups is 1. The number of nitrogens with one attached hydrogen (secondary N) is 1. The average molecular weight is 312 g/mol. The number of anilines is 1. The molecule has 0 heterocycles. The van der Waals surface area contributed by atoms with E-state index in [4.69, 9.17) is 5.73 Å². The average Bonchev–Trinajstić information content (AvgIpc) is 2.43. The third-order valence-corrected chi connectivity index (χ3v) is 4.78. The van der Waals surface area contributed by atoms with E-state index in [1.54, 1.807) is 18.2 Å². The van der Waals surface area contributed by atoms with E-state index in [0.717, 1.165) is 5.56 Å².